The summed E-state index contributed by atoms with van der Waals surface area (Å²) in [5, 5.41) is 4.55. The molecule has 0 amide bonds. The van der Waals surface area contributed by atoms with Crippen LogP contribution >= 0.6 is 11.6 Å². The lowest BCUT2D eigenvalue weighted by Gasteiger charge is -2.03. The number of methoxy groups -OCH3 is 1. The molecular weight excluding hydrogens is 258 g/mol. The average molecular weight is 272 g/mol. The Hall–Kier alpha value is -1.75. The van der Waals surface area contributed by atoms with Crippen LogP contribution < -0.4 is 0 Å². The van der Waals surface area contributed by atoms with E-state index in [0.29, 0.717) is 10.7 Å². The fourth-order valence-corrected chi connectivity index (χ4v) is 1.23. The van der Waals surface area contributed by atoms with Crippen LogP contribution in [0.15, 0.2) is 29.4 Å². The molecule has 0 aliphatic rings. The predicted molar refractivity (Wildman–Crippen MR) is 68.0 cm³/mol. The number of hydrogen-bond donors (Lipinski definition) is 0. The van der Waals surface area contributed by atoms with Crippen molar-refractivity contribution in [1.82, 2.24) is 0 Å². The number of carbonyl (C=O) groups is 1. The van der Waals surface area contributed by atoms with E-state index in [4.69, 9.17) is 16.4 Å². The Balaban J connectivity index is 2.34. The lowest BCUT2D eigenvalue weighted by molar-refractivity contribution is 0.0393. The highest BCUT2D eigenvalue weighted by Gasteiger charge is 2.00. The molecule has 0 heterocycles. The van der Waals surface area contributed by atoms with Gasteiger partial charge in [-0.25, -0.2) is 4.79 Å². The van der Waals surface area contributed by atoms with E-state index in [1.54, 1.807) is 12.1 Å². The summed E-state index contributed by atoms with van der Waals surface area (Å²) < 4.78 is 8.91. The molecule has 1 aromatic carbocycles. The minimum absolute atomic E-state index is 0.0874. The first-order chi connectivity index (χ1) is 8.63. The van der Waals surface area contributed by atoms with Gasteiger partial charge in [-0.15, -0.1) is 0 Å². The fraction of sp³-hybridized carbons (Fsp3) is 0.333. The Labute approximate surface area is 110 Å². The molecule has 0 N–H and O–H groups in total. The van der Waals surface area contributed by atoms with Crippen molar-refractivity contribution in [3.8, 4) is 0 Å². The molecule has 0 saturated carbocycles. The van der Waals surface area contributed by atoms with Crippen molar-refractivity contribution in [2.75, 3.05) is 20.3 Å². The van der Waals surface area contributed by atoms with Gasteiger partial charge in [0.1, 0.15) is 6.61 Å². The summed E-state index contributed by atoms with van der Waals surface area (Å²) in [6.07, 6.45) is -0.739. The maximum atomic E-state index is 10.6. The van der Waals surface area contributed by atoms with Gasteiger partial charge in [0.05, 0.1) is 12.8 Å². The number of ether oxygens (including phenoxy) is 2. The predicted octanol–water partition coefficient (Wildman–Crippen LogP) is 2.86. The lowest BCUT2D eigenvalue weighted by atomic mass is 10.1. The summed E-state index contributed by atoms with van der Waals surface area (Å²) in [4.78, 5) is 15.6. The van der Waals surface area contributed by atoms with E-state index in [9.17, 15) is 4.79 Å². The van der Waals surface area contributed by atoms with Crippen molar-refractivity contribution in [1.29, 1.82) is 0 Å². The smallest absolute Gasteiger partial charge is 0.438 e. The third-order valence-electron chi connectivity index (χ3n) is 2.02. The monoisotopic (exact) mass is 271 g/mol. The van der Waals surface area contributed by atoms with Crippen LogP contribution in [0.2, 0.25) is 5.02 Å². The summed E-state index contributed by atoms with van der Waals surface area (Å²) in [5.74, 6) is 0. The summed E-state index contributed by atoms with van der Waals surface area (Å²) in [5.41, 5.74) is 1.62. The number of carbonyl (C=O) groups excluding carboxylic acids is 1. The molecule has 18 heavy (non-hydrogen) atoms. The third-order valence-corrected chi connectivity index (χ3v) is 2.28. The van der Waals surface area contributed by atoms with E-state index in [0.717, 1.165) is 5.56 Å². The zero-order chi connectivity index (χ0) is 13.4. The van der Waals surface area contributed by atoms with Crippen molar-refractivity contribution >= 4 is 23.5 Å². The van der Waals surface area contributed by atoms with Crippen molar-refractivity contribution in [3.63, 3.8) is 0 Å². The fourth-order valence-electron chi connectivity index (χ4n) is 1.11. The van der Waals surface area contributed by atoms with Crippen LogP contribution in [0.4, 0.5) is 4.79 Å². The minimum atomic E-state index is -0.739. The van der Waals surface area contributed by atoms with Crippen molar-refractivity contribution in [2.24, 2.45) is 5.16 Å². The van der Waals surface area contributed by atoms with Gasteiger partial charge in [-0.05, 0) is 24.6 Å². The summed E-state index contributed by atoms with van der Waals surface area (Å²) in [6.45, 7) is 2.06. The first-order valence-electron chi connectivity index (χ1n) is 5.26. The van der Waals surface area contributed by atoms with Crippen molar-refractivity contribution in [2.45, 2.75) is 6.92 Å². The van der Waals surface area contributed by atoms with Crippen LogP contribution in [0.5, 0.6) is 0 Å². The number of hydrogen-bond acceptors (Lipinski definition) is 5. The van der Waals surface area contributed by atoms with Crippen LogP contribution in [0.1, 0.15) is 12.5 Å². The molecule has 0 spiro atoms. The normalized spacial score (nSPS) is 10.9. The molecule has 0 aliphatic carbocycles. The Kier molecular flexibility index (Phi) is 6.00. The Bertz CT molecular complexity index is 417. The Morgan fingerprint density at radius 2 is 1.94 bits per heavy atom. The second kappa shape index (κ2) is 7.55. The molecule has 5 nitrogen and oxygen atoms in total. The number of nitrogens with zero attached hydrogens (tertiary/aromatic N) is 1. The molecule has 6 heteroatoms. The van der Waals surface area contributed by atoms with E-state index in [1.807, 2.05) is 19.1 Å². The maximum absolute atomic E-state index is 10.6. The van der Waals surface area contributed by atoms with E-state index in [-0.39, 0.29) is 13.2 Å². The van der Waals surface area contributed by atoms with Gasteiger partial charge in [-0.3, -0.25) is 0 Å². The molecule has 1 rings (SSSR count). The molecule has 98 valence electrons. The molecule has 0 atom stereocenters. The van der Waals surface area contributed by atoms with Crippen LogP contribution in [-0.2, 0) is 14.3 Å². The van der Waals surface area contributed by atoms with Gasteiger partial charge >= 0.3 is 6.16 Å². The first-order valence-corrected chi connectivity index (χ1v) is 5.64. The highest BCUT2D eigenvalue weighted by Crippen LogP contribution is 2.10. The van der Waals surface area contributed by atoms with Crippen LogP contribution in [-0.4, -0.2) is 32.2 Å². The Morgan fingerprint density at radius 1 is 1.28 bits per heavy atom. The SMILES string of the molecule is COC(=O)OCCO/N=C(\C)c1ccc(Cl)cc1. The van der Waals surface area contributed by atoms with Crippen LogP contribution in [0.3, 0.4) is 0 Å². The van der Waals surface area contributed by atoms with E-state index >= 15 is 0 Å². The van der Waals surface area contributed by atoms with Crippen LogP contribution in [0.25, 0.3) is 0 Å². The number of rotatable bonds is 5. The zero-order valence-electron chi connectivity index (χ0n) is 10.2. The van der Waals surface area contributed by atoms with Gasteiger partial charge in [-0.2, -0.15) is 0 Å². The van der Waals surface area contributed by atoms with Gasteiger partial charge in [0.25, 0.3) is 0 Å². The summed E-state index contributed by atoms with van der Waals surface area (Å²) in [7, 11) is 1.24. The standard InChI is InChI=1S/C12H14ClNO4/c1-9(10-3-5-11(13)6-4-10)14-18-8-7-17-12(15)16-2/h3-6H,7-8H2,1-2H3/b14-9+. The highest BCUT2D eigenvalue weighted by molar-refractivity contribution is 6.30. The molecule has 0 aromatic heterocycles. The largest absolute Gasteiger partial charge is 0.508 e. The maximum Gasteiger partial charge on any atom is 0.508 e. The van der Waals surface area contributed by atoms with Crippen LogP contribution in [0, 0.1) is 0 Å². The summed E-state index contributed by atoms with van der Waals surface area (Å²) in [6, 6.07) is 7.23. The second-order valence-corrected chi connectivity index (χ2v) is 3.76. The molecule has 0 radical (unpaired) electrons. The summed E-state index contributed by atoms with van der Waals surface area (Å²) >= 11 is 5.77. The van der Waals surface area contributed by atoms with Gasteiger partial charge < -0.3 is 14.3 Å². The third kappa shape index (κ3) is 5.05. The molecular formula is C12H14ClNO4. The van der Waals surface area contributed by atoms with Crippen molar-refractivity contribution < 1.29 is 19.1 Å². The topological polar surface area (TPSA) is 57.1 Å². The van der Waals surface area contributed by atoms with Gasteiger partial charge in [-0.1, -0.05) is 28.9 Å². The van der Waals surface area contributed by atoms with Gasteiger partial charge in [0.15, 0.2) is 6.61 Å². The molecule has 0 unspecified atom stereocenters. The highest BCUT2D eigenvalue weighted by atomic mass is 35.5. The molecule has 0 aliphatic heterocycles. The number of benzene rings is 1. The van der Waals surface area contributed by atoms with E-state index in [1.165, 1.54) is 7.11 Å². The van der Waals surface area contributed by atoms with Gasteiger partial charge in [0, 0.05) is 5.02 Å². The molecule has 0 fully saturated rings. The Morgan fingerprint density at radius 3 is 2.56 bits per heavy atom. The average Bonchev–Trinajstić information content (AvgIpc) is 2.38. The van der Waals surface area contributed by atoms with Crippen molar-refractivity contribution in [3.05, 3.63) is 34.9 Å². The number of oxime groups is 1. The quantitative estimate of drug-likeness (QED) is 0.358. The van der Waals surface area contributed by atoms with Gasteiger partial charge in [0.2, 0.25) is 0 Å². The first kappa shape index (κ1) is 14.3. The molecule has 0 saturated heterocycles. The number of halogens is 1. The lowest BCUT2D eigenvalue weighted by Crippen LogP contribution is -2.09. The zero-order valence-corrected chi connectivity index (χ0v) is 10.9. The van der Waals surface area contributed by atoms with E-state index < -0.39 is 6.16 Å². The molecule has 1 aromatic rings. The minimum Gasteiger partial charge on any atom is -0.438 e. The van der Waals surface area contributed by atoms with E-state index in [2.05, 4.69) is 14.6 Å². The molecule has 0 bridgehead atoms. The second-order valence-electron chi connectivity index (χ2n) is 3.32.